The Labute approximate surface area is 157 Å². The Morgan fingerprint density at radius 1 is 1.00 bits per heavy atom. The van der Waals surface area contributed by atoms with Crippen molar-refractivity contribution < 1.29 is 14.6 Å². The molecule has 144 valence electrons. The maximum absolute atomic E-state index is 11.6. The van der Waals surface area contributed by atoms with Crippen LogP contribution in [0, 0.1) is 40.4 Å². The molecule has 0 spiro atoms. The Morgan fingerprint density at radius 3 is 2.54 bits per heavy atom. The minimum absolute atomic E-state index is 0.0545. The molecule has 4 fully saturated rings. The monoisotopic (exact) mass is 358 g/mol. The number of esters is 1. The van der Waals surface area contributed by atoms with E-state index in [1.54, 1.807) is 6.08 Å². The number of aliphatic hydroxyl groups is 1. The standard InChI is InChI=1S/C23H34O3/c1-22-9-7-16(24)12-15(22)3-4-17-19-6-5-18(14-11-21(25)26-13-14)23(19,2)10-8-20(17)22/h11,15-20,24H,3-10,12-13H2,1-2H3/t15?,16-,17+,18-,19-,20+,22+,23-/m1/s1. The number of rotatable bonds is 1. The molecule has 0 saturated heterocycles. The summed E-state index contributed by atoms with van der Waals surface area (Å²) < 4.78 is 5.25. The molecule has 0 aromatic heterocycles. The second-order valence-electron chi connectivity index (χ2n) is 10.6. The van der Waals surface area contributed by atoms with E-state index >= 15 is 0 Å². The highest BCUT2D eigenvalue weighted by Gasteiger charge is 2.60. The second-order valence-corrected chi connectivity index (χ2v) is 10.6. The van der Waals surface area contributed by atoms with Crippen LogP contribution in [0.15, 0.2) is 11.6 Å². The van der Waals surface area contributed by atoms with Gasteiger partial charge in [0.1, 0.15) is 6.61 Å². The number of cyclic esters (lactones) is 1. The molecule has 0 aromatic carbocycles. The third-order valence-corrected chi connectivity index (χ3v) is 9.77. The van der Waals surface area contributed by atoms with Crippen molar-refractivity contribution in [1.82, 2.24) is 0 Å². The molecule has 0 bridgehead atoms. The molecular formula is C23H34O3. The first kappa shape index (κ1) is 17.3. The molecule has 3 nitrogen and oxygen atoms in total. The first-order chi connectivity index (χ1) is 12.4. The van der Waals surface area contributed by atoms with Crippen molar-refractivity contribution >= 4 is 5.97 Å². The van der Waals surface area contributed by atoms with Gasteiger partial charge >= 0.3 is 5.97 Å². The fourth-order valence-corrected chi connectivity index (χ4v) is 8.43. The van der Waals surface area contributed by atoms with Crippen molar-refractivity contribution in [2.24, 2.45) is 40.4 Å². The summed E-state index contributed by atoms with van der Waals surface area (Å²) in [6.45, 7) is 5.62. The Hall–Kier alpha value is -0.830. The lowest BCUT2D eigenvalue weighted by atomic mass is 9.44. The summed E-state index contributed by atoms with van der Waals surface area (Å²) in [5.41, 5.74) is 2.09. The minimum atomic E-state index is -0.130. The van der Waals surface area contributed by atoms with Gasteiger partial charge in [0, 0.05) is 6.08 Å². The van der Waals surface area contributed by atoms with Crippen molar-refractivity contribution in [2.75, 3.05) is 6.61 Å². The summed E-state index contributed by atoms with van der Waals surface area (Å²) in [4.78, 5) is 11.6. The first-order valence-corrected chi connectivity index (χ1v) is 11.0. The van der Waals surface area contributed by atoms with Gasteiger partial charge in [0.15, 0.2) is 0 Å². The first-order valence-electron chi connectivity index (χ1n) is 11.0. The van der Waals surface area contributed by atoms with Crippen LogP contribution < -0.4 is 0 Å². The van der Waals surface area contributed by atoms with Crippen molar-refractivity contribution in [3.05, 3.63) is 11.6 Å². The van der Waals surface area contributed by atoms with E-state index < -0.39 is 0 Å². The van der Waals surface area contributed by atoms with Crippen molar-refractivity contribution in [3.63, 3.8) is 0 Å². The lowest BCUT2D eigenvalue weighted by Crippen LogP contribution is -2.54. The lowest BCUT2D eigenvalue weighted by Gasteiger charge is -2.61. The Kier molecular flexibility index (Phi) is 3.88. The highest BCUT2D eigenvalue weighted by Crippen LogP contribution is 2.68. The fourth-order valence-electron chi connectivity index (χ4n) is 8.43. The summed E-state index contributed by atoms with van der Waals surface area (Å²) in [6, 6.07) is 0. The Bertz CT molecular complexity index is 639. The zero-order chi connectivity index (χ0) is 18.1. The van der Waals surface area contributed by atoms with Crippen LogP contribution in [0.25, 0.3) is 0 Å². The number of hydrogen-bond acceptors (Lipinski definition) is 3. The highest BCUT2D eigenvalue weighted by molar-refractivity contribution is 5.85. The molecule has 3 heteroatoms. The van der Waals surface area contributed by atoms with Crippen LogP contribution in [0.2, 0.25) is 0 Å². The Balaban J connectivity index is 1.41. The smallest absolute Gasteiger partial charge is 0.331 e. The van der Waals surface area contributed by atoms with Crippen molar-refractivity contribution in [3.8, 4) is 0 Å². The zero-order valence-corrected chi connectivity index (χ0v) is 16.4. The van der Waals surface area contributed by atoms with Gasteiger partial charge in [-0.05, 0) is 104 Å². The van der Waals surface area contributed by atoms with Crippen LogP contribution in [0.1, 0.15) is 71.6 Å². The third kappa shape index (κ3) is 2.31. The SMILES string of the molecule is C[C@]12CC[C@H]3[C@@H](CCC4C[C@H](O)CC[C@@]43C)[C@H]1CC[C@@H]2C1=CC(=O)OC1. The summed E-state index contributed by atoms with van der Waals surface area (Å²) in [5, 5.41) is 10.2. The molecule has 4 saturated carbocycles. The van der Waals surface area contributed by atoms with Gasteiger partial charge in [-0.1, -0.05) is 13.8 Å². The summed E-state index contributed by atoms with van der Waals surface area (Å²) in [6.07, 6.45) is 12.9. The molecule has 4 aliphatic carbocycles. The molecule has 1 unspecified atom stereocenters. The predicted octanol–water partition coefficient (Wildman–Crippen LogP) is 4.49. The minimum Gasteiger partial charge on any atom is -0.458 e. The molecule has 0 aromatic rings. The van der Waals surface area contributed by atoms with Crippen molar-refractivity contribution in [1.29, 1.82) is 0 Å². The largest absolute Gasteiger partial charge is 0.458 e. The van der Waals surface area contributed by atoms with E-state index in [0.29, 0.717) is 23.4 Å². The van der Waals surface area contributed by atoms with Crippen LogP contribution in [0.4, 0.5) is 0 Å². The van der Waals surface area contributed by atoms with Crippen LogP contribution in [0.5, 0.6) is 0 Å². The quantitative estimate of drug-likeness (QED) is 0.703. The topological polar surface area (TPSA) is 46.5 Å². The molecule has 26 heavy (non-hydrogen) atoms. The highest BCUT2D eigenvalue weighted by atomic mass is 16.5. The molecule has 8 atom stereocenters. The van der Waals surface area contributed by atoms with Crippen LogP contribution >= 0.6 is 0 Å². The second kappa shape index (κ2) is 5.83. The van der Waals surface area contributed by atoms with E-state index in [1.165, 1.54) is 50.5 Å². The molecule has 1 heterocycles. The van der Waals surface area contributed by atoms with Gasteiger partial charge in [-0.3, -0.25) is 0 Å². The van der Waals surface area contributed by atoms with E-state index in [4.69, 9.17) is 4.74 Å². The maximum Gasteiger partial charge on any atom is 0.331 e. The van der Waals surface area contributed by atoms with E-state index in [1.807, 2.05) is 0 Å². The van der Waals surface area contributed by atoms with Crippen molar-refractivity contribution in [2.45, 2.75) is 77.7 Å². The molecule has 0 radical (unpaired) electrons. The number of ether oxygens (including phenoxy) is 1. The van der Waals surface area contributed by atoms with Crippen LogP contribution in [-0.2, 0) is 9.53 Å². The summed E-state index contributed by atoms with van der Waals surface area (Å²) in [7, 11) is 0. The van der Waals surface area contributed by atoms with Crippen LogP contribution in [-0.4, -0.2) is 23.8 Å². The van der Waals surface area contributed by atoms with E-state index in [9.17, 15) is 9.90 Å². The number of fused-ring (bicyclic) bond motifs is 5. The average Bonchev–Trinajstić information content (AvgIpc) is 3.18. The molecule has 1 aliphatic heterocycles. The van der Waals surface area contributed by atoms with Gasteiger partial charge in [-0.25, -0.2) is 4.79 Å². The average molecular weight is 359 g/mol. The zero-order valence-electron chi connectivity index (χ0n) is 16.4. The number of hydrogen-bond donors (Lipinski definition) is 1. The summed E-state index contributed by atoms with van der Waals surface area (Å²) in [5.74, 6) is 3.67. The molecule has 0 amide bonds. The van der Waals surface area contributed by atoms with E-state index in [2.05, 4.69) is 13.8 Å². The lowest BCUT2D eigenvalue weighted by molar-refractivity contribution is -0.135. The molecule has 5 aliphatic rings. The predicted molar refractivity (Wildman–Crippen MR) is 100 cm³/mol. The third-order valence-electron chi connectivity index (χ3n) is 9.77. The molecule has 5 rings (SSSR count). The number of aliphatic hydroxyl groups excluding tert-OH is 1. The normalized spacial score (nSPS) is 53.3. The fraction of sp³-hybridized carbons (Fsp3) is 0.870. The van der Waals surface area contributed by atoms with E-state index in [-0.39, 0.29) is 12.1 Å². The van der Waals surface area contributed by atoms with Gasteiger partial charge in [-0.15, -0.1) is 0 Å². The number of carbonyl (C=O) groups excluding carboxylic acids is 1. The Morgan fingerprint density at radius 2 is 1.77 bits per heavy atom. The van der Waals surface area contributed by atoms with Gasteiger partial charge < -0.3 is 9.84 Å². The number of carbonyl (C=O) groups is 1. The maximum atomic E-state index is 11.6. The molecular weight excluding hydrogens is 324 g/mol. The van der Waals surface area contributed by atoms with Gasteiger partial charge in [-0.2, -0.15) is 0 Å². The van der Waals surface area contributed by atoms with Gasteiger partial charge in [0.2, 0.25) is 0 Å². The van der Waals surface area contributed by atoms with E-state index in [0.717, 1.165) is 36.5 Å². The molecule has 1 N–H and O–H groups in total. The van der Waals surface area contributed by atoms with Crippen LogP contribution in [0.3, 0.4) is 0 Å². The van der Waals surface area contributed by atoms with Gasteiger partial charge in [0.05, 0.1) is 6.10 Å². The summed E-state index contributed by atoms with van der Waals surface area (Å²) >= 11 is 0. The van der Waals surface area contributed by atoms with Gasteiger partial charge in [0.25, 0.3) is 0 Å².